The number of carbonyl (C=O) groups excluding carboxylic acids is 2. The fourth-order valence-electron chi connectivity index (χ4n) is 3.48. The van der Waals surface area contributed by atoms with E-state index in [-0.39, 0.29) is 18.0 Å². The van der Waals surface area contributed by atoms with Crippen LogP contribution in [-0.4, -0.2) is 43.8 Å². The fraction of sp³-hybridized carbons (Fsp3) is 0.391. The van der Waals surface area contributed by atoms with E-state index in [4.69, 9.17) is 4.74 Å². The van der Waals surface area contributed by atoms with Crippen LogP contribution < -0.4 is 5.32 Å². The van der Waals surface area contributed by atoms with Crippen LogP contribution in [-0.2, 0) is 24.3 Å². The van der Waals surface area contributed by atoms with Crippen LogP contribution >= 0.6 is 0 Å². The van der Waals surface area contributed by atoms with Gasteiger partial charge >= 0.3 is 5.97 Å². The van der Waals surface area contributed by atoms with Crippen LogP contribution in [0.5, 0.6) is 0 Å². The highest BCUT2D eigenvalue weighted by Gasteiger charge is 2.33. The van der Waals surface area contributed by atoms with Crippen molar-refractivity contribution < 1.29 is 22.7 Å². The van der Waals surface area contributed by atoms with Gasteiger partial charge in [-0.05, 0) is 63.4 Å². The molecule has 1 amide bonds. The van der Waals surface area contributed by atoms with E-state index in [1.165, 1.54) is 11.2 Å². The number of hydrogen-bond acceptors (Lipinski definition) is 5. The number of hydrogen-bond donors (Lipinski definition) is 1. The molecule has 1 aliphatic heterocycles. The van der Waals surface area contributed by atoms with Crippen molar-refractivity contribution in [3.8, 4) is 0 Å². The number of esters is 1. The molecule has 0 aromatic heterocycles. The van der Waals surface area contributed by atoms with Gasteiger partial charge in [-0.3, -0.25) is 9.59 Å². The van der Waals surface area contributed by atoms with Gasteiger partial charge in [0.15, 0.2) is 6.10 Å². The minimum absolute atomic E-state index is 0.236. The molecule has 1 saturated heterocycles. The van der Waals surface area contributed by atoms with Crippen LogP contribution in [0.25, 0.3) is 0 Å². The zero-order chi connectivity index (χ0) is 22.6. The third-order valence-electron chi connectivity index (χ3n) is 5.39. The number of sulfonamides is 1. The van der Waals surface area contributed by atoms with Crippen molar-refractivity contribution in [2.45, 2.75) is 44.6 Å². The van der Waals surface area contributed by atoms with E-state index in [0.29, 0.717) is 18.5 Å². The minimum Gasteiger partial charge on any atom is -0.452 e. The van der Waals surface area contributed by atoms with E-state index < -0.39 is 33.9 Å². The number of aryl methyl sites for hydroxylation is 2. The number of nitrogens with zero attached hydrogens (tertiary/aromatic N) is 1. The first kappa shape index (κ1) is 23.0. The molecule has 1 atom stereocenters. The molecule has 166 valence electrons. The Morgan fingerprint density at radius 1 is 1.03 bits per heavy atom. The molecule has 0 radical (unpaired) electrons. The highest BCUT2D eigenvalue weighted by molar-refractivity contribution is 7.89. The maximum Gasteiger partial charge on any atom is 0.309 e. The van der Waals surface area contributed by atoms with Crippen molar-refractivity contribution in [2.75, 3.05) is 18.4 Å². The van der Waals surface area contributed by atoms with Gasteiger partial charge in [0.25, 0.3) is 5.91 Å². The van der Waals surface area contributed by atoms with E-state index in [2.05, 4.69) is 5.32 Å². The molecule has 0 aliphatic carbocycles. The monoisotopic (exact) mass is 444 g/mol. The highest BCUT2D eigenvalue weighted by atomic mass is 32.2. The first-order valence-corrected chi connectivity index (χ1v) is 11.8. The molecular weight excluding hydrogens is 416 g/mol. The number of amides is 1. The first-order valence-electron chi connectivity index (χ1n) is 10.3. The SMILES string of the molecule is Cc1ccc(S(=O)(=O)N2CCC(C(=O)OC(C)C(=O)Nc3cccc(C)c3)CC2)cc1. The maximum atomic E-state index is 12.8. The van der Waals surface area contributed by atoms with Gasteiger partial charge in [0.2, 0.25) is 10.0 Å². The van der Waals surface area contributed by atoms with Crippen LogP contribution in [0.1, 0.15) is 30.9 Å². The van der Waals surface area contributed by atoms with Gasteiger partial charge in [-0.15, -0.1) is 0 Å². The van der Waals surface area contributed by atoms with Crippen LogP contribution in [0.4, 0.5) is 5.69 Å². The van der Waals surface area contributed by atoms with Gasteiger partial charge in [0, 0.05) is 18.8 Å². The van der Waals surface area contributed by atoms with Crippen molar-refractivity contribution in [3.63, 3.8) is 0 Å². The third-order valence-corrected chi connectivity index (χ3v) is 7.31. The molecule has 0 bridgehead atoms. The zero-order valence-electron chi connectivity index (χ0n) is 18.0. The molecule has 7 nitrogen and oxygen atoms in total. The van der Waals surface area contributed by atoms with Crippen LogP contribution in [0.15, 0.2) is 53.4 Å². The Morgan fingerprint density at radius 2 is 1.68 bits per heavy atom. The van der Waals surface area contributed by atoms with E-state index in [1.807, 2.05) is 32.0 Å². The fourth-order valence-corrected chi connectivity index (χ4v) is 4.95. The Kier molecular flexibility index (Phi) is 7.12. The number of nitrogens with one attached hydrogen (secondary N) is 1. The molecule has 31 heavy (non-hydrogen) atoms. The molecule has 1 heterocycles. The number of rotatable bonds is 6. The third kappa shape index (κ3) is 5.71. The second kappa shape index (κ2) is 9.62. The van der Waals surface area contributed by atoms with Crippen molar-refractivity contribution in [3.05, 3.63) is 59.7 Å². The second-order valence-electron chi connectivity index (χ2n) is 7.93. The standard InChI is InChI=1S/C23H28N2O5S/c1-16-7-9-21(10-8-16)31(28,29)25-13-11-19(12-14-25)23(27)30-18(3)22(26)24-20-6-4-5-17(2)15-20/h4-10,15,18-19H,11-14H2,1-3H3,(H,24,26). The smallest absolute Gasteiger partial charge is 0.309 e. The van der Waals surface area contributed by atoms with Crippen LogP contribution in [0.3, 0.4) is 0 Å². The summed E-state index contributed by atoms with van der Waals surface area (Å²) in [7, 11) is -3.59. The molecule has 2 aromatic rings. The summed E-state index contributed by atoms with van der Waals surface area (Å²) in [5, 5.41) is 2.74. The predicted molar refractivity (Wildman–Crippen MR) is 118 cm³/mol. The topological polar surface area (TPSA) is 92.8 Å². The summed E-state index contributed by atoms with van der Waals surface area (Å²) in [5.41, 5.74) is 2.64. The lowest BCUT2D eigenvalue weighted by Crippen LogP contribution is -2.41. The van der Waals surface area contributed by atoms with Crippen molar-refractivity contribution >= 4 is 27.6 Å². The normalized spacial score (nSPS) is 16.5. The van der Waals surface area contributed by atoms with E-state index in [9.17, 15) is 18.0 Å². The summed E-state index contributed by atoms with van der Waals surface area (Å²) in [6.45, 7) is 5.82. The molecular formula is C23H28N2O5S. The lowest BCUT2D eigenvalue weighted by atomic mass is 9.98. The highest BCUT2D eigenvalue weighted by Crippen LogP contribution is 2.25. The van der Waals surface area contributed by atoms with Crippen LogP contribution in [0, 0.1) is 19.8 Å². The van der Waals surface area contributed by atoms with Crippen molar-refractivity contribution in [1.82, 2.24) is 4.31 Å². The summed E-state index contributed by atoms with van der Waals surface area (Å²) >= 11 is 0. The van der Waals surface area contributed by atoms with Gasteiger partial charge in [0.05, 0.1) is 10.8 Å². The Balaban J connectivity index is 1.52. The number of anilines is 1. The molecule has 0 saturated carbocycles. The summed E-state index contributed by atoms with van der Waals surface area (Å²) in [4.78, 5) is 25.1. The van der Waals surface area contributed by atoms with Gasteiger partial charge < -0.3 is 10.1 Å². The summed E-state index contributed by atoms with van der Waals surface area (Å²) in [6, 6.07) is 14.1. The largest absolute Gasteiger partial charge is 0.452 e. The van der Waals surface area contributed by atoms with Crippen LogP contribution in [0.2, 0.25) is 0 Å². The summed E-state index contributed by atoms with van der Waals surface area (Å²) < 4.78 is 32.3. The maximum absolute atomic E-state index is 12.8. The zero-order valence-corrected chi connectivity index (χ0v) is 18.8. The predicted octanol–water partition coefficient (Wildman–Crippen LogP) is 3.27. The van der Waals surface area contributed by atoms with E-state index >= 15 is 0 Å². The summed E-state index contributed by atoms with van der Waals surface area (Å²) in [6.07, 6.45) is -0.228. The average Bonchev–Trinajstić information content (AvgIpc) is 2.74. The van der Waals surface area contributed by atoms with Gasteiger partial charge in [0.1, 0.15) is 0 Å². The van der Waals surface area contributed by atoms with Gasteiger partial charge in [-0.25, -0.2) is 8.42 Å². The molecule has 2 aromatic carbocycles. The molecule has 1 N–H and O–H groups in total. The van der Waals surface area contributed by atoms with Crippen molar-refractivity contribution in [2.24, 2.45) is 5.92 Å². The van der Waals surface area contributed by atoms with Crippen molar-refractivity contribution in [1.29, 1.82) is 0 Å². The Bertz CT molecular complexity index is 1040. The van der Waals surface area contributed by atoms with E-state index in [0.717, 1.165) is 11.1 Å². The quantitative estimate of drug-likeness (QED) is 0.691. The molecule has 1 unspecified atom stereocenters. The first-order chi connectivity index (χ1) is 14.7. The molecule has 0 spiro atoms. The van der Waals surface area contributed by atoms with Gasteiger partial charge in [-0.1, -0.05) is 29.8 Å². The second-order valence-corrected chi connectivity index (χ2v) is 9.87. The Labute approximate surface area is 183 Å². The number of piperidine rings is 1. The molecule has 3 rings (SSSR count). The summed E-state index contributed by atoms with van der Waals surface area (Å²) in [5.74, 6) is -1.31. The number of ether oxygens (including phenoxy) is 1. The van der Waals surface area contributed by atoms with E-state index in [1.54, 1.807) is 30.3 Å². The van der Waals surface area contributed by atoms with Gasteiger partial charge in [-0.2, -0.15) is 4.31 Å². The molecule has 8 heteroatoms. The lowest BCUT2D eigenvalue weighted by molar-refractivity contribution is -0.158. The molecule has 1 fully saturated rings. The minimum atomic E-state index is -3.59. The molecule has 1 aliphatic rings. The Morgan fingerprint density at radius 3 is 2.29 bits per heavy atom. The Hall–Kier alpha value is -2.71. The number of benzene rings is 2. The lowest BCUT2D eigenvalue weighted by Gasteiger charge is -2.30. The average molecular weight is 445 g/mol. The number of carbonyl (C=O) groups is 2.